The molecule has 16 heavy (non-hydrogen) atoms. The van der Waals surface area contributed by atoms with Crippen LogP contribution in [0.4, 0.5) is 0 Å². The number of hydrogen-bond donors (Lipinski definition) is 1. The van der Waals surface area contributed by atoms with Crippen LogP contribution >= 0.6 is 0 Å². The Labute approximate surface area is 95.8 Å². The first-order valence-corrected chi connectivity index (χ1v) is 5.62. The van der Waals surface area contributed by atoms with E-state index in [9.17, 15) is 0 Å². The summed E-state index contributed by atoms with van der Waals surface area (Å²) in [6.45, 7) is 1.30. The van der Waals surface area contributed by atoms with Gasteiger partial charge in [0.1, 0.15) is 11.8 Å². The van der Waals surface area contributed by atoms with Gasteiger partial charge in [0.15, 0.2) is 0 Å². The molecule has 0 bridgehead atoms. The van der Waals surface area contributed by atoms with Crippen molar-refractivity contribution in [3.8, 4) is 11.8 Å². The minimum Gasteiger partial charge on any atom is -0.492 e. The maximum atomic E-state index is 8.92. The maximum absolute atomic E-state index is 8.92. The quantitative estimate of drug-likeness (QED) is 0.838. The highest BCUT2D eigenvalue weighted by molar-refractivity contribution is 5.42. The number of benzene rings is 1. The number of ether oxygens (including phenoxy) is 1. The van der Waals surface area contributed by atoms with Crippen LogP contribution in [0.2, 0.25) is 0 Å². The SMILES string of the molecule is N#Cc1ccccc1OCC1(CN)CCC1. The molecule has 0 atom stereocenters. The molecule has 0 aliphatic heterocycles. The number of nitrogens with zero attached hydrogens (tertiary/aromatic N) is 1. The third-order valence-electron chi connectivity index (χ3n) is 3.39. The first-order valence-electron chi connectivity index (χ1n) is 5.62. The van der Waals surface area contributed by atoms with Crippen molar-refractivity contribution in [2.75, 3.05) is 13.2 Å². The summed E-state index contributed by atoms with van der Waals surface area (Å²) in [5, 5.41) is 8.92. The Morgan fingerprint density at radius 3 is 2.69 bits per heavy atom. The van der Waals surface area contributed by atoms with E-state index in [1.54, 1.807) is 6.07 Å². The van der Waals surface area contributed by atoms with Gasteiger partial charge in [-0.2, -0.15) is 5.26 Å². The predicted molar refractivity (Wildman–Crippen MR) is 62.0 cm³/mol. The Hall–Kier alpha value is -1.53. The summed E-state index contributed by atoms with van der Waals surface area (Å²) in [7, 11) is 0. The fourth-order valence-electron chi connectivity index (χ4n) is 2.00. The van der Waals surface area contributed by atoms with E-state index in [2.05, 4.69) is 6.07 Å². The molecule has 1 aromatic carbocycles. The van der Waals surface area contributed by atoms with Crippen molar-refractivity contribution in [3.05, 3.63) is 29.8 Å². The van der Waals surface area contributed by atoms with Crippen molar-refractivity contribution in [1.82, 2.24) is 0 Å². The lowest BCUT2D eigenvalue weighted by molar-refractivity contribution is 0.0666. The molecular formula is C13H16N2O. The molecule has 0 unspecified atom stereocenters. The Morgan fingerprint density at radius 1 is 1.38 bits per heavy atom. The van der Waals surface area contributed by atoms with E-state index in [1.807, 2.05) is 18.2 Å². The zero-order chi connectivity index (χ0) is 11.4. The summed E-state index contributed by atoms with van der Waals surface area (Å²) in [5.41, 5.74) is 6.51. The lowest BCUT2D eigenvalue weighted by atomic mass is 9.69. The molecule has 1 fully saturated rings. The molecule has 2 rings (SSSR count). The van der Waals surface area contributed by atoms with Crippen LogP contribution in [0, 0.1) is 16.7 Å². The summed E-state index contributed by atoms with van der Waals surface area (Å²) < 4.78 is 5.72. The fourth-order valence-corrected chi connectivity index (χ4v) is 2.00. The minimum absolute atomic E-state index is 0.155. The predicted octanol–water partition coefficient (Wildman–Crippen LogP) is 2.07. The van der Waals surface area contributed by atoms with E-state index < -0.39 is 0 Å². The third kappa shape index (κ3) is 2.02. The van der Waals surface area contributed by atoms with E-state index in [0.717, 1.165) is 12.8 Å². The number of hydrogen-bond acceptors (Lipinski definition) is 3. The average molecular weight is 216 g/mol. The molecule has 3 heteroatoms. The zero-order valence-corrected chi connectivity index (χ0v) is 9.28. The largest absolute Gasteiger partial charge is 0.492 e. The van der Waals surface area contributed by atoms with Gasteiger partial charge in [0.05, 0.1) is 12.2 Å². The molecule has 0 heterocycles. The van der Waals surface area contributed by atoms with Crippen molar-refractivity contribution in [2.24, 2.45) is 11.1 Å². The summed E-state index contributed by atoms with van der Waals surface area (Å²) >= 11 is 0. The van der Waals surface area contributed by atoms with Crippen LogP contribution in [0.25, 0.3) is 0 Å². The molecule has 0 radical (unpaired) electrons. The highest BCUT2D eigenvalue weighted by Crippen LogP contribution is 2.40. The Bertz CT molecular complexity index is 399. The molecule has 1 saturated carbocycles. The molecule has 1 aliphatic carbocycles. The van der Waals surface area contributed by atoms with Crippen molar-refractivity contribution in [3.63, 3.8) is 0 Å². The molecule has 0 spiro atoms. The Kier molecular flexibility index (Phi) is 3.12. The molecule has 0 amide bonds. The Morgan fingerprint density at radius 2 is 2.12 bits per heavy atom. The van der Waals surface area contributed by atoms with Crippen LogP contribution in [0.5, 0.6) is 5.75 Å². The van der Waals surface area contributed by atoms with Crippen LogP contribution in [0.3, 0.4) is 0 Å². The van der Waals surface area contributed by atoms with Gasteiger partial charge in [-0.3, -0.25) is 0 Å². The molecule has 3 nitrogen and oxygen atoms in total. The van der Waals surface area contributed by atoms with Crippen molar-refractivity contribution < 1.29 is 4.74 Å². The van der Waals surface area contributed by atoms with Gasteiger partial charge >= 0.3 is 0 Å². The average Bonchev–Trinajstić information content (AvgIpc) is 2.29. The second kappa shape index (κ2) is 4.54. The standard InChI is InChI=1S/C13H16N2O/c14-8-11-4-1-2-5-12(11)16-10-13(9-15)6-3-7-13/h1-2,4-5H,3,6-7,9-10,15H2. The summed E-state index contributed by atoms with van der Waals surface area (Å²) in [4.78, 5) is 0. The molecule has 2 N–H and O–H groups in total. The molecule has 0 saturated heterocycles. The summed E-state index contributed by atoms with van der Waals surface area (Å²) in [6.07, 6.45) is 3.51. The van der Waals surface area contributed by atoms with Gasteiger partial charge in [-0.25, -0.2) is 0 Å². The van der Waals surface area contributed by atoms with E-state index in [1.165, 1.54) is 6.42 Å². The van der Waals surface area contributed by atoms with Gasteiger partial charge in [0.2, 0.25) is 0 Å². The monoisotopic (exact) mass is 216 g/mol. The first kappa shape index (κ1) is 11.0. The lowest BCUT2D eigenvalue weighted by Gasteiger charge is -2.40. The second-order valence-corrected chi connectivity index (χ2v) is 4.45. The minimum atomic E-state index is 0.155. The number of para-hydroxylation sites is 1. The van der Waals surface area contributed by atoms with Crippen LogP contribution in [0.1, 0.15) is 24.8 Å². The zero-order valence-electron chi connectivity index (χ0n) is 9.28. The molecule has 1 aromatic rings. The van der Waals surface area contributed by atoms with E-state index in [-0.39, 0.29) is 5.41 Å². The van der Waals surface area contributed by atoms with Gasteiger partial charge in [-0.15, -0.1) is 0 Å². The van der Waals surface area contributed by atoms with Gasteiger partial charge in [-0.05, 0) is 25.0 Å². The molecule has 0 aromatic heterocycles. The topological polar surface area (TPSA) is 59.0 Å². The molecule has 1 aliphatic rings. The normalized spacial score (nSPS) is 17.2. The van der Waals surface area contributed by atoms with E-state index in [4.69, 9.17) is 15.7 Å². The van der Waals surface area contributed by atoms with Crippen molar-refractivity contribution >= 4 is 0 Å². The highest BCUT2D eigenvalue weighted by atomic mass is 16.5. The number of rotatable bonds is 4. The van der Waals surface area contributed by atoms with E-state index >= 15 is 0 Å². The van der Waals surface area contributed by atoms with Gasteiger partial charge in [0, 0.05) is 12.0 Å². The highest BCUT2D eigenvalue weighted by Gasteiger charge is 2.36. The summed E-state index contributed by atoms with van der Waals surface area (Å²) in [5.74, 6) is 0.671. The van der Waals surface area contributed by atoms with Crippen LogP contribution in [-0.4, -0.2) is 13.2 Å². The van der Waals surface area contributed by atoms with Gasteiger partial charge in [-0.1, -0.05) is 18.6 Å². The molecular weight excluding hydrogens is 200 g/mol. The smallest absolute Gasteiger partial charge is 0.137 e. The lowest BCUT2D eigenvalue weighted by Crippen LogP contribution is -2.42. The fraction of sp³-hybridized carbons (Fsp3) is 0.462. The van der Waals surface area contributed by atoms with E-state index in [0.29, 0.717) is 24.5 Å². The van der Waals surface area contributed by atoms with Crippen LogP contribution in [0.15, 0.2) is 24.3 Å². The van der Waals surface area contributed by atoms with Crippen molar-refractivity contribution in [1.29, 1.82) is 5.26 Å². The van der Waals surface area contributed by atoms with Gasteiger partial charge in [0.25, 0.3) is 0 Å². The molecule has 84 valence electrons. The number of nitriles is 1. The summed E-state index contributed by atoms with van der Waals surface area (Å²) in [6, 6.07) is 9.46. The van der Waals surface area contributed by atoms with Crippen molar-refractivity contribution in [2.45, 2.75) is 19.3 Å². The maximum Gasteiger partial charge on any atom is 0.137 e. The van der Waals surface area contributed by atoms with Crippen LogP contribution in [-0.2, 0) is 0 Å². The van der Waals surface area contributed by atoms with Gasteiger partial charge < -0.3 is 10.5 Å². The first-order chi connectivity index (χ1) is 7.79. The third-order valence-corrected chi connectivity index (χ3v) is 3.39. The Balaban J connectivity index is 2.02. The second-order valence-electron chi connectivity index (χ2n) is 4.45. The number of nitrogens with two attached hydrogens (primary N) is 1. The van der Waals surface area contributed by atoms with Crippen LogP contribution < -0.4 is 10.5 Å².